The number of rotatable bonds is 9. The second-order valence-corrected chi connectivity index (χ2v) is 9.08. The van der Waals surface area contributed by atoms with Gasteiger partial charge >= 0.3 is 6.03 Å². The van der Waals surface area contributed by atoms with Gasteiger partial charge in [-0.05, 0) is 36.1 Å². The van der Waals surface area contributed by atoms with E-state index in [-0.39, 0.29) is 24.4 Å². The fraction of sp³-hybridized carbons (Fsp3) is 0.381. The molecule has 0 radical (unpaired) electrons. The van der Waals surface area contributed by atoms with Crippen LogP contribution in [0, 0.1) is 5.92 Å². The topological polar surface area (TPSA) is 87.3 Å². The lowest BCUT2D eigenvalue weighted by Gasteiger charge is -2.21. The van der Waals surface area contributed by atoms with E-state index in [1.54, 1.807) is 12.1 Å². The molecule has 0 saturated heterocycles. The van der Waals surface area contributed by atoms with Crippen LogP contribution in [0.5, 0.6) is 0 Å². The zero-order chi connectivity index (χ0) is 20.6. The highest BCUT2D eigenvalue weighted by Gasteiger charge is 2.17. The van der Waals surface area contributed by atoms with Crippen molar-refractivity contribution in [2.24, 2.45) is 5.92 Å². The monoisotopic (exact) mass is 403 g/mol. The molecule has 0 heterocycles. The third-order valence-corrected chi connectivity index (χ3v) is 5.74. The molecule has 2 rings (SSSR count). The van der Waals surface area contributed by atoms with Crippen LogP contribution in [0.15, 0.2) is 54.6 Å². The maximum atomic E-state index is 12.5. The lowest BCUT2D eigenvalue weighted by molar-refractivity contribution is 0.234. The van der Waals surface area contributed by atoms with Gasteiger partial charge in [0, 0.05) is 6.54 Å². The lowest BCUT2D eigenvalue weighted by atomic mass is 9.97. The van der Waals surface area contributed by atoms with Gasteiger partial charge in [0.2, 0.25) is 10.0 Å². The number of carbonyl (C=O) groups excluding carboxylic acids is 1. The highest BCUT2D eigenvalue weighted by Crippen LogP contribution is 2.21. The molecule has 0 saturated carbocycles. The Morgan fingerprint density at radius 2 is 1.57 bits per heavy atom. The molecule has 0 aliphatic rings. The van der Waals surface area contributed by atoms with Gasteiger partial charge in [0.1, 0.15) is 0 Å². The van der Waals surface area contributed by atoms with Gasteiger partial charge in [0.05, 0.1) is 11.8 Å². The van der Waals surface area contributed by atoms with Crippen molar-refractivity contribution in [2.45, 2.75) is 38.6 Å². The molecule has 2 amide bonds. The van der Waals surface area contributed by atoms with Gasteiger partial charge in [0.25, 0.3) is 0 Å². The molecule has 28 heavy (non-hydrogen) atoms. The van der Waals surface area contributed by atoms with Crippen LogP contribution in [0.2, 0.25) is 0 Å². The maximum absolute atomic E-state index is 12.5. The summed E-state index contributed by atoms with van der Waals surface area (Å²) in [7, 11) is -1.99. The molecular weight excluding hydrogens is 374 g/mol. The number of hydrogen-bond acceptors (Lipinski definition) is 3. The first-order chi connectivity index (χ1) is 13.3. The Kier molecular flexibility index (Phi) is 8.02. The number of carbonyl (C=O) groups is 1. The molecular formula is C21H29N3O3S. The summed E-state index contributed by atoms with van der Waals surface area (Å²) in [5.74, 6) is 0.307. The van der Waals surface area contributed by atoms with Gasteiger partial charge in [0.15, 0.2) is 0 Å². The van der Waals surface area contributed by atoms with Crippen LogP contribution in [0.4, 0.5) is 4.79 Å². The Labute approximate surface area is 167 Å². The molecule has 0 aromatic heterocycles. The van der Waals surface area contributed by atoms with Crippen molar-refractivity contribution >= 4 is 16.1 Å². The summed E-state index contributed by atoms with van der Waals surface area (Å²) in [6.07, 6.45) is 0.828. The van der Waals surface area contributed by atoms with Gasteiger partial charge in [-0.2, -0.15) is 0 Å². The zero-order valence-corrected chi connectivity index (χ0v) is 17.4. The van der Waals surface area contributed by atoms with E-state index >= 15 is 0 Å². The summed E-state index contributed by atoms with van der Waals surface area (Å²) < 4.78 is 26.0. The summed E-state index contributed by atoms with van der Waals surface area (Å²) in [5, 5.41) is 5.88. The number of benzene rings is 2. The van der Waals surface area contributed by atoms with Crippen molar-refractivity contribution in [2.75, 3.05) is 7.05 Å². The molecule has 2 aromatic rings. The molecule has 0 aliphatic heterocycles. The summed E-state index contributed by atoms with van der Waals surface area (Å²) >= 11 is 0. The Hall–Kier alpha value is -2.38. The number of sulfonamides is 1. The first-order valence-electron chi connectivity index (χ1n) is 9.38. The number of urea groups is 1. The molecule has 0 fully saturated rings. The number of amides is 2. The third kappa shape index (κ3) is 6.98. The summed E-state index contributed by atoms with van der Waals surface area (Å²) in [6, 6.07) is 16.7. The predicted molar refractivity (Wildman–Crippen MR) is 112 cm³/mol. The standard InChI is InChI=1S/C21H29N3O3S/c1-16(2)13-20(17-9-5-4-6-10-17)24-21(25)23-14-18-11-7-8-12-19(18)15-28(26,27)22-3/h4-12,16,20,22H,13-15H2,1-3H3,(H2,23,24,25). The molecule has 1 unspecified atom stereocenters. The second kappa shape index (κ2) is 10.2. The number of hydrogen-bond donors (Lipinski definition) is 3. The summed E-state index contributed by atoms with van der Waals surface area (Å²) in [4.78, 5) is 12.5. The van der Waals surface area contributed by atoms with Gasteiger partial charge < -0.3 is 10.6 Å². The third-order valence-electron chi connectivity index (χ3n) is 4.43. The molecule has 3 N–H and O–H groups in total. The van der Waals surface area contributed by atoms with Crippen LogP contribution in [0.3, 0.4) is 0 Å². The second-order valence-electron chi connectivity index (χ2n) is 7.15. The van der Waals surface area contributed by atoms with E-state index < -0.39 is 10.0 Å². The minimum Gasteiger partial charge on any atom is -0.334 e. The van der Waals surface area contributed by atoms with Crippen LogP contribution in [-0.2, 0) is 22.3 Å². The van der Waals surface area contributed by atoms with E-state index in [9.17, 15) is 13.2 Å². The summed E-state index contributed by atoms with van der Waals surface area (Å²) in [5.41, 5.74) is 2.50. The average Bonchev–Trinajstić information content (AvgIpc) is 2.67. The molecule has 0 bridgehead atoms. The molecule has 0 aliphatic carbocycles. The van der Waals surface area contributed by atoms with Crippen LogP contribution in [0.1, 0.15) is 43.0 Å². The van der Waals surface area contributed by atoms with E-state index in [4.69, 9.17) is 0 Å². The van der Waals surface area contributed by atoms with Crippen molar-refractivity contribution in [1.29, 1.82) is 0 Å². The maximum Gasteiger partial charge on any atom is 0.315 e. The fourth-order valence-electron chi connectivity index (χ4n) is 2.97. The minimum atomic E-state index is -3.38. The molecule has 2 aromatic carbocycles. The molecule has 1 atom stereocenters. The average molecular weight is 404 g/mol. The largest absolute Gasteiger partial charge is 0.334 e. The van der Waals surface area contributed by atoms with Crippen molar-refractivity contribution in [1.82, 2.24) is 15.4 Å². The zero-order valence-electron chi connectivity index (χ0n) is 16.6. The Bertz CT molecular complexity index is 867. The van der Waals surface area contributed by atoms with Crippen LogP contribution in [0.25, 0.3) is 0 Å². The predicted octanol–water partition coefficient (Wildman–Crippen LogP) is 3.32. The Morgan fingerprint density at radius 1 is 0.964 bits per heavy atom. The minimum absolute atomic E-state index is 0.0823. The first-order valence-corrected chi connectivity index (χ1v) is 11.0. The van der Waals surface area contributed by atoms with Crippen molar-refractivity contribution in [3.63, 3.8) is 0 Å². The Balaban J connectivity index is 2.03. The van der Waals surface area contributed by atoms with E-state index in [2.05, 4.69) is 29.2 Å². The van der Waals surface area contributed by atoms with Crippen LogP contribution >= 0.6 is 0 Å². The highest BCUT2D eigenvalue weighted by molar-refractivity contribution is 7.88. The molecule has 152 valence electrons. The van der Waals surface area contributed by atoms with E-state index in [0.717, 1.165) is 17.5 Å². The summed E-state index contributed by atoms with van der Waals surface area (Å²) in [6.45, 7) is 4.49. The van der Waals surface area contributed by atoms with Gasteiger partial charge in [-0.15, -0.1) is 0 Å². The van der Waals surface area contributed by atoms with Gasteiger partial charge in [-0.3, -0.25) is 0 Å². The van der Waals surface area contributed by atoms with Crippen molar-refractivity contribution < 1.29 is 13.2 Å². The smallest absolute Gasteiger partial charge is 0.315 e. The highest BCUT2D eigenvalue weighted by atomic mass is 32.2. The molecule has 7 heteroatoms. The number of nitrogens with one attached hydrogen (secondary N) is 3. The first kappa shape index (κ1) is 21.9. The van der Waals surface area contributed by atoms with Crippen LogP contribution < -0.4 is 15.4 Å². The SMILES string of the molecule is CNS(=O)(=O)Cc1ccccc1CNC(=O)NC(CC(C)C)c1ccccc1. The lowest BCUT2D eigenvalue weighted by Crippen LogP contribution is -2.38. The van der Waals surface area contributed by atoms with E-state index in [1.165, 1.54) is 7.05 Å². The van der Waals surface area contributed by atoms with E-state index in [0.29, 0.717) is 11.5 Å². The normalized spacial score (nSPS) is 12.6. The molecule has 6 nitrogen and oxygen atoms in total. The van der Waals surface area contributed by atoms with Crippen molar-refractivity contribution in [3.05, 3.63) is 71.3 Å². The van der Waals surface area contributed by atoms with Crippen LogP contribution in [-0.4, -0.2) is 21.5 Å². The quantitative estimate of drug-likeness (QED) is 0.600. The van der Waals surface area contributed by atoms with Crippen molar-refractivity contribution in [3.8, 4) is 0 Å². The fourth-order valence-corrected chi connectivity index (χ4v) is 3.80. The van der Waals surface area contributed by atoms with Gasteiger partial charge in [-0.25, -0.2) is 17.9 Å². The van der Waals surface area contributed by atoms with E-state index in [1.807, 2.05) is 42.5 Å². The molecule has 0 spiro atoms. The Morgan fingerprint density at radius 3 is 2.18 bits per heavy atom. The van der Waals surface area contributed by atoms with Gasteiger partial charge in [-0.1, -0.05) is 68.4 Å².